The number of carbonyl (C=O) groups is 1. The molecule has 0 saturated heterocycles. The summed E-state index contributed by atoms with van der Waals surface area (Å²) in [6.45, 7) is 4.53. The molecule has 0 spiro atoms. The zero-order chi connectivity index (χ0) is 13.7. The summed E-state index contributed by atoms with van der Waals surface area (Å²) in [6, 6.07) is 5.89. The zero-order valence-electron chi connectivity index (χ0n) is 10.8. The number of carboxylic acids is 1. The quantitative estimate of drug-likeness (QED) is 0.877. The number of ether oxygens (including phenoxy) is 1. The molecule has 0 aliphatic heterocycles. The zero-order valence-corrected chi connectivity index (χ0v) is 12.4. The highest BCUT2D eigenvalue weighted by molar-refractivity contribution is 9.10. The van der Waals surface area contributed by atoms with Crippen molar-refractivity contribution in [1.82, 2.24) is 4.90 Å². The van der Waals surface area contributed by atoms with Crippen LogP contribution in [0.4, 0.5) is 0 Å². The van der Waals surface area contributed by atoms with Crippen LogP contribution in [0, 0.1) is 0 Å². The number of aliphatic carboxylic acids is 1. The van der Waals surface area contributed by atoms with Gasteiger partial charge in [0, 0.05) is 22.6 Å². The molecule has 0 atom stereocenters. The summed E-state index contributed by atoms with van der Waals surface area (Å²) in [7, 11) is 1.61. The molecular weight excluding hydrogens is 298 g/mol. The lowest BCUT2D eigenvalue weighted by molar-refractivity contribution is -0.138. The third kappa shape index (κ3) is 4.31. The molecular formula is C13H18BrNO3. The summed E-state index contributed by atoms with van der Waals surface area (Å²) in [6.07, 6.45) is 0. The van der Waals surface area contributed by atoms with E-state index in [0.29, 0.717) is 6.54 Å². The van der Waals surface area contributed by atoms with E-state index in [2.05, 4.69) is 15.9 Å². The van der Waals surface area contributed by atoms with E-state index >= 15 is 0 Å². The lowest BCUT2D eigenvalue weighted by Crippen LogP contribution is -2.35. The van der Waals surface area contributed by atoms with Crippen molar-refractivity contribution in [2.45, 2.75) is 26.4 Å². The summed E-state index contributed by atoms with van der Waals surface area (Å²) in [4.78, 5) is 12.7. The topological polar surface area (TPSA) is 49.8 Å². The van der Waals surface area contributed by atoms with Crippen molar-refractivity contribution in [3.63, 3.8) is 0 Å². The van der Waals surface area contributed by atoms with Crippen LogP contribution in [0.25, 0.3) is 0 Å². The van der Waals surface area contributed by atoms with Gasteiger partial charge in [0.25, 0.3) is 0 Å². The number of hydrogen-bond donors (Lipinski definition) is 1. The van der Waals surface area contributed by atoms with Crippen molar-refractivity contribution in [3.05, 3.63) is 28.2 Å². The molecule has 1 rings (SSSR count). The molecule has 0 unspecified atom stereocenters. The molecule has 100 valence electrons. The van der Waals surface area contributed by atoms with Gasteiger partial charge in [-0.25, -0.2) is 0 Å². The average Bonchev–Trinajstić information content (AvgIpc) is 2.27. The van der Waals surface area contributed by atoms with E-state index < -0.39 is 5.97 Å². The van der Waals surface area contributed by atoms with Gasteiger partial charge in [-0.3, -0.25) is 9.69 Å². The fourth-order valence-electron chi connectivity index (χ4n) is 1.68. The van der Waals surface area contributed by atoms with E-state index in [4.69, 9.17) is 9.84 Å². The van der Waals surface area contributed by atoms with Gasteiger partial charge in [-0.2, -0.15) is 0 Å². The number of nitrogens with zero attached hydrogens (tertiary/aromatic N) is 1. The van der Waals surface area contributed by atoms with Crippen LogP contribution < -0.4 is 4.74 Å². The van der Waals surface area contributed by atoms with Gasteiger partial charge >= 0.3 is 5.97 Å². The molecule has 0 radical (unpaired) electrons. The van der Waals surface area contributed by atoms with E-state index in [1.54, 1.807) is 7.11 Å². The van der Waals surface area contributed by atoms with Crippen molar-refractivity contribution in [1.29, 1.82) is 0 Å². The minimum absolute atomic E-state index is 0.0212. The number of rotatable bonds is 6. The van der Waals surface area contributed by atoms with Crippen molar-refractivity contribution in [2.24, 2.45) is 0 Å². The first-order valence-corrected chi connectivity index (χ1v) is 6.51. The largest absolute Gasteiger partial charge is 0.496 e. The second-order valence-electron chi connectivity index (χ2n) is 4.35. The van der Waals surface area contributed by atoms with E-state index in [9.17, 15) is 4.79 Å². The normalized spacial score (nSPS) is 11.0. The number of methoxy groups -OCH3 is 1. The van der Waals surface area contributed by atoms with Crippen LogP contribution in [0.15, 0.2) is 22.7 Å². The van der Waals surface area contributed by atoms with Crippen LogP contribution in [0.2, 0.25) is 0 Å². The molecule has 1 aromatic carbocycles. The van der Waals surface area contributed by atoms with Crippen LogP contribution in [-0.4, -0.2) is 35.7 Å². The maximum absolute atomic E-state index is 10.8. The Hall–Kier alpha value is -1.07. The fraction of sp³-hybridized carbons (Fsp3) is 0.462. The van der Waals surface area contributed by atoms with Crippen LogP contribution >= 0.6 is 15.9 Å². The highest BCUT2D eigenvalue weighted by Crippen LogP contribution is 2.24. The van der Waals surface area contributed by atoms with Crippen molar-refractivity contribution in [2.75, 3.05) is 13.7 Å². The number of hydrogen-bond acceptors (Lipinski definition) is 3. The van der Waals surface area contributed by atoms with Gasteiger partial charge in [-0.1, -0.05) is 15.9 Å². The molecule has 0 fully saturated rings. The van der Waals surface area contributed by atoms with Crippen molar-refractivity contribution < 1.29 is 14.6 Å². The first-order chi connectivity index (χ1) is 8.43. The summed E-state index contributed by atoms with van der Waals surface area (Å²) < 4.78 is 6.25. The van der Waals surface area contributed by atoms with Crippen LogP contribution in [-0.2, 0) is 11.3 Å². The van der Waals surface area contributed by atoms with Gasteiger partial charge in [-0.05, 0) is 32.0 Å². The Morgan fingerprint density at radius 2 is 2.17 bits per heavy atom. The minimum atomic E-state index is -0.822. The van der Waals surface area contributed by atoms with E-state index in [0.717, 1.165) is 15.8 Å². The maximum Gasteiger partial charge on any atom is 0.317 e. The first kappa shape index (κ1) is 15.0. The molecule has 0 aromatic heterocycles. The first-order valence-electron chi connectivity index (χ1n) is 5.72. The number of benzene rings is 1. The molecule has 1 aromatic rings. The monoisotopic (exact) mass is 315 g/mol. The van der Waals surface area contributed by atoms with E-state index in [1.165, 1.54) is 0 Å². The van der Waals surface area contributed by atoms with Gasteiger partial charge in [0.15, 0.2) is 0 Å². The molecule has 0 aliphatic carbocycles. The lowest BCUT2D eigenvalue weighted by atomic mass is 10.1. The van der Waals surface area contributed by atoms with Crippen LogP contribution in [0.3, 0.4) is 0 Å². The molecule has 0 saturated carbocycles. The molecule has 4 nitrogen and oxygen atoms in total. The minimum Gasteiger partial charge on any atom is -0.496 e. The van der Waals surface area contributed by atoms with E-state index in [-0.39, 0.29) is 12.6 Å². The van der Waals surface area contributed by atoms with Crippen molar-refractivity contribution in [3.8, 4) is 5.75 Å². The second kappa shape index (κ2) is 6.75. The SMILES string of the molecule is COc1ccc(Br)cc1CN(CC(=O)O)C(C)C. The predicted molar refractivity (Wildman–Crippen MR) is 73.9 cm³/mol. The Morgan fingerprint density at radius 3 is 2.67 bits per heavy atom. The number of carboxylic acid groups (broad SMARTS) is 1. The summed E-state index contributed by atoms with van der Waals surface area (Å²) >= 11 is 3.41. The molecule has 0 heterocycles. The highest BCUT2D eigenvalue weighted by atomic mass is 79.9. The predicted octanol–water partition coefficient (Wildman–Crippen LogP) is 2.75. The lowest BCUT2D eigenvalue weighted by Gasteiger charge is -2.25. The average molecular weight is 316 g/mol. The summed E-state index contributed by atoms with van der Waals surface area (Å²) in [5.41, 5.74) is 0.974. The maximum atomic E-state index is 10.8. The van der Waals surface area contributed by atoms with E-state index in [1.807, 2.05) is 36.9 Å². The second-order valence-corrected chi connectivity index (χ2v) is 5.26. The molecule has 0 bridgehead atoms. The smallest absolute Gasteiger partial charge is 0.317 e. The molecule has 5 heteroatoms. The van der Waals surface area contributed by atoms with Gasteiger partial charge < -0.3 is 9.84 Å². The van der Waals surface area contributed by atoms with Crippen LogP contribution in [0.5, 0.6) is 5.75 Å². The Bertz CT molecular complexity index is 421. The van der Waals surface area contributed by atoms with Gasteiger partial charge in [0.2, 0.25) is 0 Å². The summed E-state index contributed by atoms with van der Waals surface area (Å²) in [5, 5.41) is 8.91. The fourth-order valence-corrected chi connectivity index (χ4v) is 2.09. The Labute approximate surface area is 116 Å². The highest BCUT2D eigenvalue weighted by Gasteiger charge is 2.16. The molecule has 0 aliphatic rings. The molecule has 18 heavy (non-hydrogen) atoms. The van der Waals surface area contributed by atoms with Gasteiger partial charge in [-0.15, -0.1) is 0 Å². The Morgan fingerprint density at radius 1 is 1.50 bits per heavy atom. The third-order valence-electron chi connectivity index (χ3n) is 2.68. The molecule has 0 amide bonds. The molecule has 1 N–H and O–H groups in total. The van der Waals surface area contributed by atoms with Crippen LogP contribution in [0.1, 0.15) is 19.4 Å². The summed E-state index contributed by atoms with van der Waals surface area (Å²) in [5.74, 6) is -0.0492. The third-order valence-corrected chi connectivity index (χ3v) is 3.18. The Kier molecular flexibility index (Phi) is 5.62. The van der Waals surface area contributed by atoms with Gasteiger partial charge in [0.05, 0.1) is 13.7 Å². The Balaban J connectivity index is 2.92. The van der Waals surface area contributed by atoms with Gasteiger partial charge in [0.1, 0.15) is 5.75 Å². The standard InChI is InChI=1S/C13H18BrNO3/c1-9(2)15(8-13(16)17)7-10-6-11(14)4-5-12(10)18-3/h4-6,9H,7-8H2,1-3H3,(H,16,17). The van der Waals surface area contributed by atoms with Crippen molar-refractivity contribution >= 4 is 21.9 Å². The number of halogens is 1.